The molecule has 1 rings (SSSR count). The highest BCUT2D eigenvalue weighted by Crippen LogP contribution is 2.19. The van der Waals surface area contributed by atoms with Crippen LogP contribution in [0.2, 0.25) is 0 Å². The molecule has 1 aromatic heterocycles. The highest BCUT2D eigenvalue weighted by Gasteiger charge is 2.19. The van der Waals surface area contributed by atoms with Crippen LogP contribution in [0.4, 0.5) is 0 Å². The maximum Gasteiger partial charge on any atom is 0.228 e. The van der Waals surface area contributed by atoms with Crippen LogP contribution in [0.5, 0.6) is 0 Å². The van der Waals surface area contributed by atoms with Crippen LogP contribution >= 0.6 is 0 Å². The summed E-state index contributed by atoms with van der Waals surface area (Å²) in [6.07, 6.45) is 1.66. The first-order valence-electron chi connectivity index (χ1n) is 6.86. The minimum atomic E-state index is 0.195. The first kappa shape index (κ1) is 15.2. The van der Waals surface area contributed by atoms with Gasteiger partial charge in [-0.1, -0.05) is 46.7 Å². The fourth-order valence-electron chi connectivity index (χ4n) is 1.91. The van der Waals surface area contributed by atoms with Gasteiger partial charge in [-0.05, 0) is 17.9 Å². The van der Waals surface area contributed by atoms with Gasteiger partial charge in [-0.15, -0.1) is 0 Å². The molecule has 0 saturated carbocycles. The molecule has 0 spiro atoms. The molecule has 1 aromatic rings. The lowest BCUT2D eigenvalue weighted by Crippen LogP contribution is -2.35. The van der Waals surface area contributed by atoms with Gasteiger partial charge in [-0.25, -0.2) is 0 Å². The van der Waals surface area contributed by atoms with E-state index in [1.807, 2.05) is 0 Å². The molecule has 1 unspecified atom stereocenters. The molecule has 104 valence electrons. The Morgan fingerprint density at radius 2 is 1.94 bits per heavy atom. The molecule has 4 nitrogen and oxygen atoms in total. The van der Waals surface area contributed by atoms with Crippen molar-refractivity contribution in [3.8, 4) is 0 Å². The van der Waals surface area contributed by atoms with Gasteiger partial charge >= 0.3 is 0 Å². The van der Waals surface area contributed by atoms with Gasteiger partial charge in [-0.3, -0.25) is 0 Å². The van der Waals surface area contributed by atoms with Crippen LogP contribution in [0.25, 0.3) is 0 Å². The molecule has 0 aromatic carbocycles. The molecule has 0 aliphatic rings. The minimum absolute atomic E-state index is 0.195. The molecule has 0 saturated heterocycles. The Bertz CT molecular complexity index is 352. The van der Waals surface area contributed by atoms with Gasteiger partial charge in [0.2, 0.25) is 5.89 Å². The number of nitrogens with zero attached hydrogens (tertiary/aromatic N) is 2. The second kappa shape index (κ2) is 6.32. The van der Waals surface area contributed by atoms with Crippen molar-refractivity contribution in [2.24, 2.45) is 11.3 Å². The van der Waals surface area contributed by atoms with E-state index in [-0.39, 0.29) is 5.41 Å². The molecule has 0 aliphatic heterocycles. The van der Waals surface area contributed by atoms with E-state index < -0.39 is 0 Å². The topological polar surface area (TPSA) is 51.0 Å². The Kier molecular flexibility index (Phi) is 5.32. The molecule has 1 N–H and O–H groups in total. The number of rotatable bonds is 6. The third kappa shape index (κ3) is 5.17. The van der Waals surface area contributed by atoms with Crippen LogP contribution in [0, 0.1) is 11.3 Å². The average Bonchev–Trinajstić information content (AvgIpc) is 2.62. The van der Waals surface area contributed by atoms with Gasteiger partial charge in [0.1, 0.15) is 0 Å². The van der Waals surface area contributed by atoms with Gasteiger partial charge in [0.05, 0.1) is 0 Å². The lowest BCUT2D eigenvalue weighted by Gasteiger charge is -2.19. The number of nitrogens with one attached hydrogen (secondary N) is 1. The summed E-state index contributed by atoms with van der Waals surface area (Å²) in [6.45, 7) is 14.0. The second-order valence-electron chi connectivity index (χ2n) is 6.45. The van der Waals surface area contributed by atoms with Crippen molar-refractivity contribution in [3.63, 3.8) is 0 Å². The van der Waals surface area contributed by atoms with Crippen molar-refractivity contribution >= 4 is 0 Å². The predicted molar refractivity (Wildman–Crippen MR) is 73.5 cm³/mol. The van der Waals surface area contributed by atoms with Crippen molar-refractivity contribution in [1.29, 1.82) is 0 Å². The normalized spacial score (nSPS) is 14.2. The highest BCUT2D eigenvalue weighted by molar-refractivity contribution is 4.92. The Labute approximate surface area is 111 Å². The number of likely N-dealkylation sites (N-methyl/N-ethyl adjacent to an activating group) is 1. The number of aromatic nitrogens is 2. The van der Waals surface area contributed by atoms with E-state index in [4.69, 9.17) is 4.52 Å². The monoisotopic (exact) mass is 253 g/mol. The van der Waals surface area contributed by atoms with Gasteiger partial charge < -0.3 is 9.84 Å². The van der Waals surface area contributed by atoms with E-state index >= 15 is 0 Å². The lowest BCUT2D eigenvalue weighted by molar-refractivity contribution is 0.322. The zero-order chi connectivity index (χ0) is 13.8. The summed E-state index contributed by atoms with van der Waals surface area (Å²) in [6, 6.07) is 0.401. The Morgan fingerprint density at radius 1 is 1.28 bits per heavy atom. The zero-order valence-corrected chi connectivity index (χ0v) is 12.6. The molecule has 18 heavy (non-hydrogen) atoms. The largest absolute Gasteiger partial charge is 0.339 e. The third-order valence-corrected chi connectivity index (χ3v) is 2.86. The summed E-state index contributed by atoms with van der Waals surface area (Å²) in [5.41, 5.74) is 0.195. The van der Waals surface area contributed by atoms with Crippen LogP contribution in [-0.2, 0) is 12.8 Å². The van der Waals surface area contributed by atoms with Crippen LogP contribution in [0.1, 0.15) is 53.3 Å². The van der Waals surface area contributed by atoms with E-state index in [1.165, 1.54) is 0 Å². The smallest absolute Gasteiger partial charge is 0.228 e. The predicted octanol–water partition coefficient (Wildman–Crippen LogP) is 2.83. The molecule has 0 fully saturated rings. The van der Waals surface area contributed by atoms with Crippen LogP contribution in [-0.4, -0.2) is 22.7 Å². The minimum Gasteiger partial charge on any atom is -0.339 e. The Balaban J connectivity index is 2.62. The van der Waals surface area contributed by atoms with Crippen molar-refractivity contribution in [2.75, 3.05) is 6.54 Å². The highest BCUT2D eigenvalue weighted by atomic mass is 16.5. The molecule has 0 radical (unpaired) electrons. The fourth-order valence-corrected chi connectivity index (χ4v) is 1.91. The van der Waals surface area contributed by atoms with E-state index in [2.05, 4.69) is 57.0 Å². The van der Waals surface area contributed by atoms with Gasteiger partial charge in [0, 0.05) is 18.9 Å². The SMILES string of the molecule is CCNC(Cc1nc(CC(C)(C)C)no1)C(C)C. The van der Waals surface area contributed by atoms with E-state index in [9.17, 15) is 0 Å². The van der Waals surface area contributed by atoms with E-state index in [0.717, 1.165) is 31.1 Å². The number of hydrogen-bond donors (Lipinski definition) is 1. The maximum absolute atomic E-state index is 5.34. The summed E-state index contributed by atoms with van der Waals surface area (Å²) < 4.78 is 5.34. The van der Waals surface area contributed by atoms with Crippen LogP contribution in [0.3, 0.4) is 0 Å². The third-order valence-electron chi connectivity index (χ3n) is 2.86. The Morgan fingerprint density at radius 3 is 2.44 bits per heavy atom. The van der Waals surface area contributed by atoms with E-state index in [1.54, 1.807) is 0 Å². The van der Waals surface area contributed by atoms with Gasteiger partial charge in [-0.2, -0.15) is 4.98 Å². The van der Waals surface area contributed by atoms with E-state index in [0.29, 0.717) is 12.0 Å². The molecular weight excluding hydrogens is 226 g/mol. The summed E-state index contributed by atoms with van der Waals surface area (Å²) in [7, 11) is 0. The number of hydrogen-bond acceptors (Lipinski definition) is 4. The second-order valence-corrected chi connectivity index (χ2v) is 6.45. The summed E-state index contributed by atoms with van der Waals surface area (Å²) in [5, 5.41) is 7.52. The van der Waals surface area contributed by atoms with Crippen molar-refractivity contribution in [3.05, 3.63) is 11.7 Å². The maximum atomic E-state index is 5.34. The molecular formula is C14H27N3O. The molecule has 4 heteroatoms. The molecule has 0 amide bonds. The van der Waals surface area contributed by atoms with Crippen molar-refractivity contribution < 1.29 is 4.52 Å². The summed E-state index contributed by atoms with van der Waals surface area (Å²) in [5.74, 6) is 2.12. The van der Waals surface area contributed by atoms with Gasteiger partial charge in [0.25, 0.3) is 0 Å². The molecule has 0 bridgehead atoms. The average molecular weight is 253 g/mol. The first-order chi connectivity index (χ1) is 8.31. The summed E-state index contributed by atoms with van der Waals surface area (Å²) >= 11 is 0. The van der Waals surface area contributed by atoms with Crippen molar-refractivity contribution in [2.45, 2.75) is 60.4 Å². The van der Waals surface area contributed by atoms with Crippen molar-refractivity contribution in [1.82, 2.24) is 15.5 Å². The first-order valence-corrected chi connectivity index (χ1v) is 6.86. The molecule has 1 atom stereocenters. The quantitative estimate of drug-likeness (QED) is 0.847. The van der Waals surface area contributed by atoms with Gasteiger partial charge in [0.15, 0.2) is 5.82 Å². The Hall–Kier alpha value is -0.900. The molecule has 1 heterocycles. The standard InChI is InChI=1S/C14H27N3O/c1-7-15-11(10(2)3)8-13-16-12(17-18-13)9-14(4,5)6/h10-11,15H,7-9H2,1-6H3. The summed E-state index contributed by atoms with van der Waals surface area (Å²) in [4.78, 5) is 4.48. The molecule has 0 aliphatic carbocycles. The van der Waals surface area contributed by atoms with Crippen LogP contribution in [0.15, 0.2) is 4.52 Å². The lowest BCUT2D eigenvalue weighted by atomic mass is 9.92. The van der Waals surface area contributed by atoms with Crippen LogP contribution < -0.4 is 5.32 Å². The zero-order valence-electron chi connectivity index (χ0n) is 12.6. The fraction of sp³-hybridized carbons (Fsp3) is 0.857.